The van der Waals surface area contributed by atoms with Crippen LogP contribution in [0, 0.1) is 5.82 Å². The molecule has 0 aromatic heterocycles. The van der Waals surface area contributed by atoms with Crippen LogP contribution in [0.3, 0.4) is 0 Å². The van der Waals surface area contributed by atoms with Crippen LogP contribution in [0.1, 0.15) is 18.4 Å². The van der Waals surface area contributed by atoms with Crippen LogP contribution in [0.2, 0.25) is 0 Å². The van der Waals surface area contributed by atoms with E-state index >= 15 is 0 Å². The number of aliphatic carboxylic acids is 1. The summed E-state index contributed by atoms with van der Waals surface area (Å²) in [7, 11) is 2.60. The molecule has 0 heterocycles. The Labute approximate surface area is 106 Å². The van der Waals surface area contributed by atoms with E-state index in [2.05, 4.69) is 15.9 Å². The molecule has 17 heavy (non-hydrogen) atoms. The molecule has 94 valence electrons. The number of carboxylic acid groups (broad SMARTS) is 1. The minimum absolute atomic E-state index is 0.0109. The van der Waals surface area contributed by atoms with Gasteiger partial charge in [0, 0.05) is 5.56 Å². The van der Waals surface area contributed by atoms with Gasteiger partial charge in [0.15, 0.2) is 11.5 Å². The van der Waals surface area contributed by atoms with Crippen LogP contribution in [-0.2, 0) is 4.79 Å². The average molecular weight is 307 g/mol. The maximum Gasteiger partial charge on any atom is 0.310 e. The summed E-state index contributed by atoms with van der Waals surface area (Å²) in [5.74, 6) is -2.77. The fourth-order valence-corrected chi connectivity index (χ4v) is 2.03. The topological polar surface area (TPSA) is 55.8 Å². The molecule has 0 radical (unpaired) electrons. The van der Waals surface area contributed by atoms with Gasteiger partial charge in [-0.05, 0) is 28.9 Å². The van der Waals surface area contributed by atoms with E-state index in [0.29, 0.717) is 4.47 Å². The lowest BCUT2D eigenvalue weighted by atomic mass is 10.00. The Morgan fingerprint density at radius 3 is 2.35 bits per heavy atom. The number of carboxylic acids is 1. The first kappa shape index (κ1) is 13.8. The number of carbonyl (C=O) groups is 1. The molecule has 0 spiro atoms. The van der Waals surface area contributed by atoms with E-state index in [4.69, 9.17) is 14.6 Å². The smallest absolute Gasteiger partial charge is 0.310 e. The first-order chi connectivity index (χ1) is 7.93. The van der Waals surface area contributed by atoms with E-state index in [1.54, 1.807) is 0 Å². The Morgan fingerprint density at radius 2 is 1.94 bits per heavy atom. The van der Waals surface area contributed by atoms with Gasteiger partial charge < -0.3 is 14.6 Å². The van der Waals surface area contributed by atoms with Crippen molar-refractivity contribution in [2.75, 3.05) is 14.2 Å². The molecule has 0 aliphatic heterocycles. The molecular weight excluding hydrogens is 295 g/mol. The van der Waals surface area contributed by atoms with Crippen molar-refractivity contribution in [2.24, 2.45) is 0 Å². The zero-order valence-corrected chi connectivity index (χ0v) is 11.2. The van der Waals surface area contributed by atoms with Crippen molar-refractivity contribution in [1.82, 2.24) is 0 Å². The number of rotatable bonds is 4. The highest BCUT2D eigenvalue weighted by molar-refractivity contribution is 9.10. The van der Waals surface area contributed by atoms with Crippen molar-refractivity contribution in [1.29, 1.82) is 0 Å². The second-order valence-corrected chi connectivity index (χ2v) is 4.24. The van der Waals surface area contributed by atoms with Gasteiger partial charge in [-0.15, -0.1) is 0 Å². The summed E-state index contributed by atoms with van der Waals surface area (Å²) < 4.78 is 24.1. The Kier molecular flexibility index (Phi) is 4.34. The molecule has 0 fully saturated rings. The van der Waals surface area contributed by atoms with E-state index in [1.807, 2.05) is 0 Å². The summed E-state index contributed by atoms with van der Waals surface area (Å²) >= 11 is 3.13. The quantitative estimate of drug-likeness (QED) is 0.929. The molecule has 1 unspecified atom stereocenters. The predicted octanol–water partition coefficient (Wildman–Crippen LogP) is 2.79. The van der Waals surface area contributed by atoms with E-state index in [1.165, 1.54) is 27.2 Å². The average Bonchev–Trinajstić information content (AvgIpc) is 2.27. The fraction of sp³-hybridized carbons (Fsp3) is 0.364. The summed E-state index contributed by atoms with van der Waals surface area (Å²) in [6, 6.07) is 1.49. The number of methoxy groups -OCH3 is 2. The summed E-state index contributed by atoms with van der Waals surface area (Å²) in [5, 5.41) is 8.94. The van der Waals surface area contributed by atoms with Gasteiger partial charge in [0.05, 0.1) is 24.6 Å². The molecule has 1 aromatic carbocycles. The van der Waals surface area contributed by atoms with Gasteiger partial charge in [-0.2, -0.15) is 4.39 Å². The van der Waals surface area contributed by atoms with E-state index in [9.17, 15) is 9.18 Å². The first-order valence-corrected chi connectivity index (χ1v) is 5.56. The molecule has 0 saturated carbocycles. The molecule has 0 saturated heterocycles. The zero-order valence-electron chi connectivity index (χ0n) is 9.58. The standard InChI is InChI=1S/C11H12BrFO4/c1-5(11(14)15)6-4-7(12)10(17-3)8(13)9(6)16-2/h4-5H,1-3H3,(H,14,15). The summed E-state index contributed by atoms with van der Waals surface area (Å²) in [5.41, 5.74) is 0.255. The molecule has 4 nitrogen and oxygen atoms in total. The zero-order chi connectivity index (χ0) is 13.2. The van der Waals surface area contributed by atoms with E-state index < -0.39 is 17.7 Å². The lowest BCUT2D eigenvalue weighted by Gasteiger charge is -2.16. The number of hydrogen-bond acceptors (Lipinski definition) is 3. The Balaban J connectivity index is 3.46. The minimum Gasteiger partial charge on any atom is -0.493 e. The van der Waals surface area contributed by atoms with Gasteiger partial charge in [-0.25, -0.2) is 0 Å². The number of halogens is 2. The lowest BCUT2D eigenvalue weighted by molar-refractivity contribution is -0.138. The maximum absolute atomic E-state index is 13.9. The van der Waals surface area contributed by atoms with Gasteiger partial charge in [-0.3, -0.25) is 4.79 Å². The summed E-state index contributed by atoms with van der Waals surface area (Å²) in [4.78, 5) is 10.9. The minimum atomic E-state index is -1.06. The van der Waals surface area contributed by atoms with Crippen LogP contribution in [0.4, 0.5) is 4.39 Å². The molecule has 0 amide bonds. The third-order valence-corrected chi connectivity index (χ3v) is 2.99. The molecule has 1 N–H and O–H groups in total. The molecule has 0 bridgehead atoms. The molecule has 1 atom stereocenters. The lowest BCUT2D eigenvalue weighted by Crippen LogP contribution is -2.10. The number of benzene rings is 1. The van der Waals surface area contributed by atoms with Crippen LogP contribution in [-0.4, -0.2) is 25.3 Å². The van der Waals surface area contributed by atoms with Gasteiger partial charge in [-0.1, -0.05) is 0 Å². The Morgan fingerprint density at radius 1 is 1.41 bits per heavy atom. The van der Waals surface area contributed by atoms with Crippen LogP contribution in [0.15, 0.2) is 10.5 Å². The van der Waals surface area contributed by atoms with Gasteiger partial charge in [0.25, 0.3) is 0 Å². The largest absolute Gasteiger partial charge is 0.493 e. The van der Waals surface area contributed by atoms with Crippen molar-refractivity contribution in [3.8, 4) is 11.5 Å². The highest BCUT2D eigenvalue weighted by Crippen LogP contribution is 2.40. The third kappa shape index (κ3) is 2.52. The van der Waals surface area contributed by atoms with Crippen molar-refractivity contribution >= 4 is 21.9 Å². The highest BCUT2D eigenvalue weighted by atomic mass is 79.9. The van der Waals surface area contributed by atoms with E-state index in [-0.39, 0.29) is 17.1 Å². The number of ether oxygens (including phenoxy) is 2. The maximum atomic E-state index is 13.9. The highest BCUT2D eigenvalue weighted by Gasteiger charge is 2.25. The van der Waals surface area contributed by atoms with E-state index in [0.717, 1.165) is 0 Å². The Bertz CT molecular complexity index is 448. The molecular formula is C11H12BrFO4. The molecule has 6 heteroatoms. The summed E-state index contributed by atoms with van der Waals surface area (Å²) in [6.45, 7) is 1.46. The van der Waals surface area contributed by atoms with Gasteiger partial charge >= 0.3 is 5.97 Å². The summed E-state index contributed by atoms with van der Waals surface area (Å²) in [6.07, 6.45) is 0. The fourth-order valence-electron chi connectivity index (χ4n) is 1.45. The second kappa shape index (κ2) is 5.35. The molecule has 0 aliphatic carbocycles. The van der Waals surface area contributed by atoms with Crippen LogP contribution < -0.4 is 9.47 Å². The van der Waals surface area contributed by atoms with Gasteiger partial charge in [0.1, 0.15) is 0 Å². The van der Waals surface area contributed by atoms with Crippen LogP contribution in [0.25, 0.3) is 0 Å². The SMILES string of the molecule is COc1c(Br)cc(C(C)C(=O)O)c(OC)c1F. The van der Waals surface area contributed by atoms with Crippen molar-refractivity contribution < 1.29 is 23.8 Å². The van der Waals surface area contributed by atoms with Crippen LogP contribution in [0.5, 0.6) is 11.5 Å². The van der Waals surface area contributed by atoms with Crippen molar-refractivity contribution in [2.45, 2.75) is 12.8 Å². The first-order valence-electron chi connectivity index (χ1n) is 4.76. The Hall–Kier alpha value is -1.30. The van der Waals surface area contributed by atoms with Crippen molar-refractivity contribution in [3.05, 3.63) is 21.9 Å². The molecule has 1 aromatic rings. The van der Waals surface area contributed by atoms with Gasteiger partial charge in [0.2, 0.25) is 5.82 Å². The second-order valence-electron chi connectivity index (χ2n) is 3.39. The number of hydrogen-bond donors (Lipinski definition) is 1. The monoisotopic (exact) mass is 306 g/mol. The molecule has 0 aliphatic rings. The van der Waals surface area contributed by atoms with Crippen LogP contribution >= 0.6 is 15.9 Å². The molecule has 1 rings (SSSR count). The predicted molar refractivity (Wildman–Crippen MR) is 63.3 cm³/mol. The van der Waals surface area contributed by atoms with Crippen molar-refractivity contribution in [3.63, 3.8) is 0 Å². The normalized spacial score (nSPS) is 12.1. The third-order valence-electron chi connectivity index (χ3n) is 2.41.